The fraction of sp³-hybridized carbons (Fsp3) is 0.450. The maximum absolute atomic E-state index is 14.3. The second-order valence-electron chi connectivity index (χ2n) is 8.21. The topological polar surface area (TPSA) is 126 Å². The van der Waals surface area contributed by atoms with E-state index in [1.54, 1.807) is 6.07 Å². The number of ether oxygens (including phenoxy) is 1. The molecule has 1 saturated heterocycles. The van der Waals surface area contributed by atoms with Crippen molar-refractivity contribution < 1.29 is 17.5 Å². The summed E-state index contributed by atoms with van der Waals surface area (Å²) in [4.78, 5) is 10.4. The largest absolute Gasteiger partial charge is 0.484 e. The van der Waals surface area contributed by atoms with Crippen molar-refractivity contribution in [3.8, 4) is 5.75 Å². The highest BCUT2D eigenvalue weighted by atomic mass is 32.2. The number of piperazine rings is 1. The molecular formula is C20H25FN6O3S. The molecule has 2 fully saturated rings. The molecule has 1 aromatic carbocycles. The van der Waals surface area contributed by atoms with Gasteiger partial charge >= 0.3 is 0 Å². The van der Waals surface area contributed by atoms with Crippen LogP contribution in [0.3, 0.4) is 0 Å². The number of nitrogen functional groups attached to an aromatic ring is 1. The Kier molecular flexibility index (Phi) is 5.34. The van der Waals surface area contributed by atoms with Crippen LogP contribution in [0.15, 0.2) is 24.5 Å². The average Bonchev–Trinajstić information content (AvgIpc) is 3.46. The third-order valence-corrected chi connectivity index (χ3v) is 6.93. The van der Waals surface area contributed by atoms with E-state index in [1.165, 1.54) is 23.0 Å². The van der Waals surface area contributed by atoms with Crippen LogP contribution in [0, 0.1) is 11.2 Å². The van der Waals surface area contributed by atoms with Crippen LogP contribution in [-0.2, 0) is 10.0 Å². The molecule has 3 N–H and O–H groups in total. The Bertz CT molecular complexity index is 1130. The summed E-state index contributed by atoms with van der Waals surface area (Å²) >= 11 is 0. The maximum Gasteiger partial charge on any atom is 0.211 e. The second kappa shape index (κ2) is 7.72. The number of halogens is 1. The van der Waals surface area contributed by atoms with Crippen molar-refractivity contribution in [2.24, 2.45) is 0 Å². The number of sulfonamides is 1. The third-order valence-electron chi connectivity index (χ3n) is 5.62. The fourth-order valence-electron chi connectivity index (χ4n) is 3.45. The first-order valence-corrected chi connectivity index (χ1v) is 11.8. The lowest BCUT2D eigenvalue weighted by Crippen LogP contribution is -2.48. The van der Waals surface area contributed by atoms with Crippen LogP contribution in [0.25, 0.3) is 0 Å². The van der Waals surface area contributed by atoms with Crippen LogP contribution in [0.4, 0.5) is 15.9 Å². The lowest BCUT2D eigenvalue weighted by Gasteiger charge is -2.34. The summed E-state index contributed by atoms with van der Waals surface area (Å²) in [6, 6.07) is 4.27. The zero-order chi connectivity index (χ0) is 22.4. The minimum absolute atomic E-state index is 0.0294. The van der Waals surface area contributed by atoms with Gasteiger partial charge in [-0.3, -0.25) is 5.41 Å². The molecule has 0 bridgehead atoms. The van der Waals surface area contributed by atoms with Gasteiger partial charge in [-0.2, -0.15) is 4.31 Å². The molecule has 2 heterocycles. The number of nitrogens with two attached hydrogens (primary N) is 1. The van der Waals surface area contributed by atoms with Gasteiger partial charge in [-0.1, -0.05) is 0 Å². The van der Waals surface area contributed by atoms with Gasteiger partial charge in [-0.05, 0) is 25.8 Å². The van der Waals surface area contributed by atoms with Crippen molar-refractivity contribution in [3.05, 3.63) is 41.6 Å². The van der Waals surface area contributed by atoms with Crippen molar-refractivity contribution >= 4 is 27.2 Å². The van der Waals surface area contributed by atoms with Crippen molar-refractivity contribution in [2.75, 3.05) is 43.1 Å². The number of nitrogens with zero attached hydrogens (tertiary/aromatic N) is 4. The molecule has 0 atom stereocenters. The van der Waals surface area contributed by atoms with Gasteiger partial charge in [0.1, 0.15) is 17.7 Å². The lowest BCUT2D eigenvalue weighted by molar-refractivity contribution is 0.191. The molecule has 166 valence electrons. The number of aromatic nitrogens is 2. The van der Waals surface area contributed by atoms with E-state index in [0.29, 0.717) is 43.3 Å². The molecule has 4 rings (SSSR count). The minimum Gasteiger partial charge on any atom is -0.484 e. The molecule has 2 aromatic rings. The SMILES string of the molecule is CC1(Oc2cc(C(=N)c3cc(N4CCN(S(C)(=O)=O)CC4)ncn3)c(N)cc2F)CC1. The molecule has 1 aromatic heterocycles. The van der Waals surface area contributed by atoms with Crippen molar-refractivity contribution in [1.82, 2.24) is 14.3 Å². The fourth-order valence-corrected chi connectivity index (χ4v) is 4.28. The molecule has 0 amide bonds. The normalized spacial score (nSPS) is 18.6. The smallest absolute Gasteiger partial charge is 0.211 e. The zero-order valence-electron chi connectivity index (χ0n) is 17.4. The maximum atomic E-state index is 14.3. The molecule has 0 unspecified atom stereocenters. The van der Waals surface area contributed by atoms with E-state index in [1.807, 2.05) is 11.8 Å². The Hall–Kier alpha value is -2.79. The average molecular weight is 449 g/mol. The molecule has 1 aliphatic carbocycles. The number of hydrogen-bond acceptors (Lipinski definition) is 8. The van der Waals surface area contributed by atoms with Crippen molar-refractivity contribution in [3.63, 3.8) is 0 Å². The Labute approximate surface area is 180 Å². The molecule has 0 spiro atoms. The molecular weight excluding hydrogens is 423 g/mol. The zero-order valence-corrected chi connectivity index (χ0v) is 18.2. The lowest BCUT2D eigenvalue weighted by atomic mass is 10.0. The molecule has 11 heteroatoms. The van der Waals surface area contributed by atoms with Gasteiger partial charge in [0.15, 0.2) is 11.6 Å². The van der Waals surface area contributed by atoms with Crippen molar-refractivity contribution in [2.45, 2.75) is 25.4 Å². The van der Waals surface area contributed by atoms with Crippen LogP contribution in [0.1, 0.15) is 31.0 Å². The van der Waals surface area contributed by atoms with Crippen LogP contribution < -0.4 is 15.4 Å². The number of nitrogens with one attached hydrogen (secondary N) is 1. The quantitative estimate of drug-likeness (QED) is 0.508. The first-order valence-electron chi connectivity index (χ1n) is 9.95. The predicted octanol–water partition coefficient (Wildman–Crippen LogP) is 1.63. The molecule has 9 nitrogen and oxygen atoms in total. The van der Waals surface area contributed by atoms with Gasteiger partial charge in [-0.15, -0.1) is 0 Å². The van der Waals surface area contributed by atoms with E-state index in [0.717, 1.165) is 18.9 Å². The molecule has 1 aliphatic heterocycles. The monoisotopic (exact) mass is 448 g/mol. The van der Waals surface area contributed by atoms with E-state index in [2.05, 4.69) is 9.97 Å². The highest BCUT2D eigenvalue weighted by Crippen LogP contribution is 2.41. The van der Waals surface area contributed by atoms with Crippen molar-refractivity contribution in [1.29, 1.82) is 5.41 Å². The second-order valence-corrected chi connectivity index (χ2v) is 10.2. The third kappa shape index (κ3) is 4.62. The highest BCUT2D eigenvalue weighted by Gasteiger charge is 2.40. The van der Waals surface area contributed by atoms with E-state index in [9.17, 15) is 12.8 Å². The summed E-state index contributed by atoms with van der Waals surface area (Å²) < 4.78 is 44.9. The van der Waals surface area contributed by atoms with E-state index in [4.69, 9.17) is 15.9 Å². The molecule has 0 radical (unpaired) electrons. The standard InChI is InChI=1S/C20H25FN6O3S/c1-20(3-4-20)30-17-9-13(15(22)10-14(17)21)19(23)16-11-18(25-12-24-16)26-5-7-27(8-6-26)31(2,28)29/h9-12,23H,3-8,22H2,1-2H3. The van der Waals surface area contributed by atoms with Gasteiger partial charge in [0.2, 0.25) is 10.0 Å². The van der Waals surface area contributed by atoms with E-state index >= 15 is 0 Å². The summed E-state index contributed by atoms with van der Waals surface area (Å²) in [7, 11) is -3.23. The summed E-state index contributed by atoms with van der Waals surface area (Å²) in [5, 5.41) is 8.60. The van der Waals surface area contributed by atoms with Crippen LogP contribution in [0.5, 0.6) is 5.75 Å². The predicted molar refractivity (Wildman–Crippen MR) is 116 cm³/mol. The van der Waals surface area contributed by atoms with Gasteiger partial charge in [0, 0.05) is 49.6 Å². The summed E-state index contributed by atoms with van der Waals surface area (Å²) in [6.07, 6.45) is 4.25. The first kappa shape index (κ1) is 21.4. The Morgan fingerprint density at radius 2 is 1.87 bits per heavy atom. The van der Waals surface area contributed by atoms with E-state index in [-0.39, 0.29) is 22.7 Å². The van der Waals surface area contributed by atoms with E-state index < -0.39 is 15.8 Å². The molecule has 1 saturated carbocycles. The van der Waals surface area contributed by atoms with Crippen LogP contribution >= 0.6 is 0 Å². The van der Waals surface area contributed by atoms with Gasteiger partial charge in [0.05, 0.1) is 17.7 Å². The van der Waals surface area contributed by atoms with Gasteiger partial charge in [0.25, 0.3) is 0 Å². The Morgan fingerprint density at radius 1 is 1.19 bits per heavy atom. The number of benzene rings is 1. The Morgan fingerprint density at radius 3 is 2.48 bits per heavy atom. The minimum atomic E-state index is -3.23. The first-order chi connectivity index (χ1) is 14.6. The molecule has 2 aliphatic rings. The van der Waals surface area contributed by atoms with Gasteiger partial charge in [-0.25, -0.2) is 22.8 Å². The summed E-state index contributed by atoms with van der Waals surface area (Å²) in [5.41, 5.74) is 6.43. The summed E-state index contributed by atoms with van der Waals surface area (Å²) in [6.45, 7) is 3.59. The number of anilines is 2. The Balaban J connectivity index is 1.56. The van der Waals surface area contributed by atoms with Crippen LogP contribution in [0.2, 0.25) is 0 Å². The summed E-state index contributed by atoms with van der Waals surface area (Å²) in [5.74, 6) is 0.0972. The number of rotatable bonds is 6. The van der Waals surface area contributed by atoms with Crippen LogP contribution in [-0.4, -0.2) is 66.4 Å². The molecule has 31 heavy (non-hydrogen) atoms. The van der Waals surface area contributed by atoms with Gasteiger partial charge < -0.3 is 15.4 Å². The highest BCUT2D eigenvalue weighted by molar-refractivity contribution is 7.88. The number of hydrogen-bond donors (Lipinski definition) is 2.